The maximum absolute atomic E-state index is 11.9. The molecule has 0 saturated carbocycles. The van der Waals surface area contributed by atoms with Crippen molar-refractivity contribution in [1.82, 2.24) is 14.9 Å². The summed E-state index contributed by atoms with van der Waals surface area (Å²) >= 11 is 0. The molecule has 1 aromatic heterocycles. The quantitative estimate of drug-likeness (QED) is 0.870. The van der Waals surface area contributed by atoms with Crippen molar-refractivity contribution >= 4 is 5.91 Å². The number of aromatic nitrogens is 2. The molecule has 1 N–H and O–H groups in total. The van der Waals surface area contributed by atoms with Crippen LogP contribution in [0.1, 0.15) is 17.4 Å². The maximum Gasteiger partial charge on any atom is 0.246 e. The molecule has 0 saturated heterocycles. The van der Waals surface area contributed by atoms with Gasteiger partial charge in [-0.15, -0.1) is 0 Å². The SMILES string of the molecule is COCC(=O)NC(c1ccccc1OC)c1nccn1C. The number of aryl methyl sites for hydroxylation is 1. The molecule has 0 aliphatic rings. The Kier molecular flexibility index (Phi) is 4.94. The van der Waals surface area contributed by atoms with E-state index < -0.39 is 6.04 Å². The van der Waals surface area contributed by atoms with Crippen LogP contribution in [-0.4, -0.2) is 36.3 Å². The maximum atomic E-state index is 11.9. The van der Waals surface area contributed by atoms with Crippen molar-refractivity contribution in [1.29, 1.82) is 0 Å². The van der Waals surface area contributed by atoms with Crippen LogP contribution in [0, 0.1) is 0 Å². The van der Waals surface area contributed by atoms with E-state index in [2.05, 4.69) is 10.3 Å². The van der Waals surface area contributed by atoms with Gasteiger partial charge in [-0.3, -0.25) is 4.79 Å². The minimum absolute atomic E-state index is 0.00390. The van der Waals surface area contributed by atoms with Crippen LogP contribution in [0.4, 0.5) is 0 Å². The van der Waals surface area contributed by atoms with Crippen molar-refractivity contribution in [2.45, 2.75) is 6.04 Å². The topological polar surface area (TPSA) is 65.4 Å². The van der Waals surface area contributed by atoms with Gasteiger partial charge < -0.3 is 19.4 Å². The molecule has 0 fully saturated rings. The summed E-state index contributed by atoms with van der Waals surface area (Å²) < 4.78 is 12.1. The number of nitrogens with one attached hydrogen (secondary N) is 1. The lowest BCUT2D eigenvalue weighted by Crippen LogP contribution is -2.33. The van der Waals surface area contributed by atoms with Gasteiger partial charge in [-0.2, -0.15) is 0 Å². The summed E-state index contributed by atoms with van der Waals surface area (Å²) in [6.07, 6.45) is 3.53. The first-order valence-corrected chi connectivity index (χ1v) is 6.55. The van der Waals surface area contributed by atoms with E-state index in [4.69, 9.17) is 9.47 Å². The van der Waals surface area contributed by atoms with E-state index in [-0.39, 0.29) is 12.5 Å². The van der Waals surface area contributed by atoms with Crippen molar-refractivity contribution in [3.63, 3.8) is 0 Å². The summed E-state index contributed by atoms with van der Waals surface area (Å²) in [6.45, 7) is -0.00390. The summed E-state index contributed by atoms with van der Waals surface area (Å²) in [7, 11) is 4.97. The molecule has 1 aromatic carbocycles. The number of methoxy groups -OCH3 is 2. The van der Waals surface area contributed by atoms with Crippen molar-refractivity contribution in [3.05, 3.63) is 48.0 Å². The minimum atomic E-state index is -0.399. The van der Waals surface area contributed by atoms with Crippen LogP contribution in [0.15, 0.2) is 36.7 Å². The summed E-state index contributed by atoms with van der Waals surface area (Å²) in [4.78, 5) is 16.3. The number of para-hydroxylation sites is 1. The van der Waals surface area contributed by atoms with Crippen LogP contribution in [0.5, 0.6) is 5.75 Å². The van der Waals surface area contributed by atoms with E-state index in [9.17, 15) is 4.79 Å². The molecule has 6 nitrogen and oxygen atoms in total. The molecule has 112 valence electrons. The molecular formula is C15H19N3O3. The number of rotatable bonds is 6. The number of carbonyl (C=O) groups is 1. The molecule has 1 heterocycles. The van der Waals surface area contributed by atoms with E-state index in [0.717, 1.165) is 11.4 Å². The van der Waals surface area contributed by atoms with Gasteiger partial charge in [0.05, 0.1) is 7.11 Å². The van der Waals surface area contributed by atoms with Crippen molar-refractivity contribution in [2.75, 3.05) is 20.8 Å². The first-order chi connectivity index (χ1) is 10.2. The highest BCUT2D eigenvalue weighted by Crippen LogP contribution is 2.28. The van der Waals surface area contributed by atoms with Crippen molar-refractivity contribution in [2.24, 2.45) is 7.05 Å². The molecule has 0 radical (unpaired) electrons. The van der Waals surface area contributed by atoms with Gasteiger partial charge >= 0.3 is 0 Å². The van der Waals surface area contributed by atoms with Crippen LogP contribution in [0.2, 0.25) is 0 Å². The Morgan fingerprint density at radius 1 is 1.38 bits per heavy atom. The summed E-state index contributed by atoms with van der Waals surface area (Å²) in [5.74, 6) is 1.21. The summed E-state index contributed by atoms with van der Waals surface area (Å²) in [6, 6.07) is 7.15. The highest BCUT2D eigenvalue weighted by Gasteiger charge is 2.23. The second-order valence-corrected chi connectivity index (χ2v) is 4.57. The van der Waals surface area contributed by atoms with Gasteiger partial charge in [0.2, 0.25) is 5.91 Å². The molecule has 0 spiro atoms. The van der Waals surface area contributed by atoms with Crippen molar-refractivity contribution < 1.29 is 14.3 Å². The Morgan fingerprint density at radius 3 is 2.76 bits per heavy atom. The second-order valence-electron chi connectivity index (χ2n) is 4.57. The molecule has 1 unspecified atom stereocenters. The van der Waals surface area contributed by atoms with Gasteiger partial charge in [0.1, 0.15) is 24.2 Å². The standard InChI is InChI=1S/C15H19N3O3/c1-18-9-8-16-15(18)14(17-13(19)10-20-2)11-6-4-5-7-12(11)21-3/h4-9,14H,10H2,1-3H3,(H,17,19). The van der Waals surface area contributed by atoms with E-state index >= 15 is 0 Å². The number of carbonyl (C=O) groups excluding carboxylic acids is 1. The van der Waals surface area contributed by atoms with Crippen molar-refractivity contribution in [3.8, 4) is 5.75 Å². The van der Waals surface area contributed by atoms with E-state index in [0.29, 0.717) is 5.75 Å². The highest BCUT2D eigenvalue weighted by molar-refractivity contribution is 5.78. The first kappa shape index (κ1) is 15.1. The highest BCUT2D eigenvalue weighted by atomic mass is 16.5. The van der Waals surface area contributed by atoms with Crippen LogP contribution < -0.4 is 10.1 Å². The second kappa shape index (κ2) is 6.90. The monoisotopic (exact) mass is 289 g/mol. The molecule has 0 aliphatic heterocycles. The molecule has 6 heteroatoms. The lowest BCUT2D eigenvalue weighted by Gasteiger charge is -2.21. The molecule has 1 atom stereocenters. The van der Waals surface area contributed by atoms with Gasteiger partial charge in [0.15, 0.2) is 0 Å². The lowest BCUT2D eigenvalue weighted by molar-refractivity contribution is -0.125. The number of hydrogen-bond donors (Lipinski definition) is 1. The Bertz CT molecular complexity index is 610. The number of ether oxygens (including phenoxy) is 2. The minimum Gasteiger partial charge on any atom is -0.496 e. The Labute approximate surface area is 123 Å². The number of amides is 1. The molecule has 2 aromatic rings. The van der Waals surface area contributed by atoms with Gasteiger partial charge in [-0.1, -0.05) is 18.2 Å². The van der Waals surface area contributed by atoms with Gasteiger partial charge in [-0.05, 0) is 6.07 Å². The van der Waals surface area contributed by atoms with Crippen LogP contribution in [-0.2, 0) is 16.6 Å². The predicted octanol–water partition coefficient (Wildman–Crippen LogP) is 1.28. The van der Waals surface area contributed by atoms with Crippen LogP contribution in [0.25, 0.3) is 0 Å². The van der Waals surface area contributed by atoms with Gasteiger partial charge in [0, 0.05) is 32.1 Å². The van der Waals surface area contributed by atoms with Crippen LogP contribution >= 0.6 is 0 Å². The smallest absolute Gasteiger partial charge is 0.246 e. The average Bonchev–Trinajstić information content (AvgIpc) is 2.91. The fraction of sp³-hybridized carbons (Fsp3) is 0.333. The summed E-state index contributed by atoms with van der Waals surface area (Å²) in [5.41, 5.74) is 0.846. The molecular weight excluding hydrogens is 270 g/mol. The number of nitrogens with zero attached hydrogens (tertiary/aromatic N) is 2. The third-order valence-corrected chi connectivity index (χ3v) is 3.15. The Morgan fingerprint density at radius 2 is 2.14 bits per heavy atom. The Balaban J connectivity index is 2.40. The van der Waals surface area contributed by atoms with E-state index in [1.165, 1.54) is 7.11 Å². The Hall–Kier alpha value is -2.34. The lowest BCUT2D eigenvalue weighted by atomic mass is 10.0. The van der Waals surface area contributed by atoms with Crippen LogP contribution in [0.3, 0.4) is 0 Å². The molecule has 0 aliphatic carbocycles. The zero-order chi connectivity index (χ0) is 15.2. The van der Waals surface area contributed by atoms with Gasteiger partial charge in [-0.25, -0.2) is 4.98 Å². The molecule has 21 heavy (non-hydrogen) atoms. The zero-order valence-electron chi connectivity index (χ0n) is 12.4. The third-order valence-electron chi connectivity index (χ3n) is 3.15. The van der Waals surface area contributed by atoms with Gasteiger partial charge in [0.25, 0.3) is 0 Å². The molecule has 2 rings (SSSR count). The molecule has 1 amide bonds. The largest absolute Gasteiger partial charge is 0.496 e. The number of hydrogen-bond acceptors (Lipinski definition) is 4. The fourth-order valence-electron chi connectivity index (χ4n) is 2.18. The fourth-order valence-corrected chi connectivity index (χ4v) is 2.18. The predicted molar refractivity (Wildman–Crippen MR) is 78.1 cm³/mol. The number of benzene rings is 1. The zero-order valence-corrected chi connectivity index (χ0v) is 12.4. The van der Waals surface area contributed by atoms with E-state index in [1.807, 2.05) is 42.1 Å². The normalized spacial score (nSPS) is 12.0. The first-order valence-electron chi connectivity index (χ1n) is 6.55. The van der Waals surface area contributed by atoms with E-state index in [1.54, 1.807) is 13.3 Å². The molecule has 0 bridgehead atoms. The average molecular weight is 289 g/mol. The number of imidazole rings is 1. The third kappa shape index (κ3) is 3.41. The summed E-state index contributed by atoms with van der Waals surface area (Å²) in [5, 5.41) is 2.92.